The fraction of sp³-hybridized carbons (Fsp3) is 0.300. The summed E-state index contributed by atoms with van der Waals surface area (Å²) in [5.74, 6) is 0.342. The molecular weight excluding hydrogens is 333 g/mol. The van der Waals surface area contributed by atoms with Gasteiger partial charge in [-0.2, -0.15) is 0 Å². The average molecular weight is 353 g/mol. The number of carbonyl (C=O) groups excluding carboxylic acids is 1. The van der Waals surface area contributed by atoms with E-state index in [1.54, 1.807) is 6.20 Å². The Balaban J connectivity index is 1.31. The van der Waals surface area contributed by atoms with Crippen molar-refractivity contribution < 1.29 is 13.9 Å². The Labute approximate surface area is 151 Å². The summed E-state index contributed by atoms with van der Waals surface area (Å²) in [6.07, 6.45) is 8.15. The van der Waals surface area contributed by atoms with Gasteiger partial charge in [0.2, 0.25) is 5.91 Å². The Hall–Kier alpha value is -2.73. The number of pyridine rings is 1. The Kier molecular flexibility index (Phi) is 4.67. The quantitative estimate of drug-likeness (QED) is 0.722. The monoisotopic (exact) mass is 353 g/mol. The zero-order valence-electron chi connectivity index (χ0n) is 14.3. The molecule has 0 amide bonds. The molecule has 0 saturated carbocycles. The van der Waals surface area contributed by atoms with E-state index in [0.717, 1.165) is 42.5 Å². The van der Waals surface area contributed by atoms with Crippen molar-refractivity contribution >= 4 is 16.7 Å². The molecule has 0 radical (unpaired) electrons. The summed E-state index contributed by atoms with van der Waals surface area (Å²) in [6, 6.07) is 9.30. The lowest BCUT2D eigenvalue weighted by molar-refractivity contribution is 0.0725. The van der Waals surface area contributed by atoms with Crippen molar-refractivity contribution in [3.63, 3.8) is 0 Å². The molecule has 0 atom stereocenters. The number of hydrogen-bond donors (Lipinski definition) is 0. The van der Waals surface area contributed by atoms with Crippen LogP contribution in [0.15, 0.2) is 55.1 Å². The largest absolute Gasteiger partial charge is 0.490 e. The Bertz CT molecular complexity index is 916. The first-order valence-electron chi connectivity index (χ1n) is 8.77. The normalized spacial score (nSPS) is 16.0. The van der Waals surface area contributed by atoms with Crippen LogP contribution in [0.2, 0.25) is 0 Å². The third-order valence-electron chi connectivity index (χ3n) is 4.75. The molecule has 4 rings (SSSR count). The minimum absolute atomic E-state index is 0.115. The second-order valence-electron chi connectivity index (χ2n) is 6.61. The van der Waals surface area contributed by atoms with E-state index in [4.69, 9.17) is 4.74 Å². The number of ether oxygens (including phenoxy) is 1. The molecule has 1 saturated heterocycles. The Morgan fingerprint density at radius 3 is 2.81 bits per heavy atom. The number of nitrogens with zero attached hydrogens (tertiary/aromatic N) is 3. The first kappa shape index (κ1) is 16.7. The summed E-state index contributed by atoms with van der Waals surface area (Å²) in [5, 5.41) is 2.20. The molecule has 0 N–H and O–H groups in total. The number of carbonyl (C=O) groups is 1. The van der Waals surface area contributed by atoms with E-state index in [1.165, 1.54) is 23.0 Å². The number of aromatic nitrogens is 2. The lowest BCUT2D eigenvalue weighted by Gasteiger charge is -2.31. The van der Waals surface area contributed by atoms with Crippen LogP contribution in [0.5, 0.6) is 5.75 Å². The van der Waals surface area contributed by atoms with Crippen molar-refractivity contribution in [2.45, 2.75) is 18.9 Å². The summed E-state index contributed by atoms with van der Waals surface area (Å²) in [6.45, 7) is 1.87. The van der Waals surface area contributed by atoms with Crippen LogP contribution in [-0.2, 0) is 0 Å². The molecule has 5 nitrogen and oxygen atoms in total. The first-order valence-corrected chi connectivity index (χ1v) is 8.77. The second kappa shape index (κ2) is 7.25. The van der Waals surface area contributed by atoms with Gasteiger partial charge >= 0.3 is 0 Å². The van der Waals surface area contributed by atoms with Crippen LogP contribution in [0, 0.1) is 5.82 Å². The zero-order chi connectivity index (χ0) is 17.9. The predicted octanol–water partition coefficient (Wildman–Crippen LogP) is 3.36. The maximum atomic E-state index is 13.0. The molecule has 1 aliphatic heterocycles. The lowest BCUT2D eigenvalue weighted by atomic mass is 10.1. The van der Waals surface area contributed by atoms with Crippen LogP contribution in [0.25, 0.3) is 10.8 Å². The highest BCUT2D eigenvalue weighted by Gasteiger charge is 2.22. The molecule has 0 unspecified atom stereocenters. The van der Waals surface area contributed by atoms with E-state index in [0.29, 0.717) is 6.54 Å². The molecule has 2 aromatic heterocycles. The SMILES string of the molecule is O=C(CN1CCC(Oc2ccc3ccncc3c2)CC1)n1ccc(F)c1. The van der Waals surface area contributed by atoms with Crippen LogP contribution in [0.4, 0.5) is 4.39 Å². The summed E-state index contributed by atoms with van der Waals surface area (Å²) in [4.78, 5) is 18.4. The van der Waals surface area contributed by atoms with Crippen molar-refractivity contribution in [3.05, 3.63) is 60.9 Å². The highest BCUT2D eigenvalue weighted by atomic mass is 19.1. The van der Waals surface area contributed by atoms with Crippen LogP contribution in [0.1, 0.15) is 17.6 Å². The standard InChI is InChI=1S/C20H20FN3O2/c21-17-4-10-24(13-17)20(25)14-23-8-5-18(6-9-23)26-19-2-1-15-3-7-22-12-16(15)11-19/h1-4,7,10-13,18H,5-6,8-9,14H2. The molecule has 0 bridgehead atoms. The van der Waals surface area contributed by atoms with Gasteiger partial charge in [0, 0.05) is 43.3 Å². The molecular formula is C20H20FN3O2. The van der Waals surface area contributed by atoms with E-state index < -0.39 is 5.82 Å². The van der Waals surface area contributed by atoms with Crippen LogP contribution in [-0.4, -0.2) is 46.1 Å². The zero-order valence-corrected chi connectivity index (χ0v) is 14.3. The molecule has 3 heterocycles. The van der Waals surface area contributed by atoms with Gasteiger partial charge in [-0.1, -0.05) is 6.07 Å². The minimum atomic E-state index is -0.393. The fourth-order valence-electron chi connectivity index (χ4n) is 3.31. The fourth-order valence-corrected chi connectivity index (χ4v) is 3.31. The van der Waals surface area contributed by atoms with Gasteiger partial charge < -0.3 is 4.74 Å². The lowest BCUT2D eigenvalue weighted by Crippen LogP contribution is -2.41. The van der Waals surface area contributed by atoms with Gasteiger partial charge in [-0.05, 0) is 42.5 Å². The van der Waals surface area contributed by atoms with Crippen molar-refractivity contribution in [1.82, 2.24) is 14.5 Å². The summed E-state index contributed by atoms with van der Waals surface area (Å²) >= 11 is 0. The number of fused-ring (bicyclic) bond motifs is 1. The van der Waals surface area contributed by atoms with Gasteiger partial charge in [-0.15, -0.1) is 0 Å². The Morgan fingerprint density at radius 1 is 1.19 bits per heavy atom. The van der Waals surface area contributed by atoms with E-state index in [9.17, 15) is 9.18 Å². The van der Waals surface area contributed by atoms with E-state index >= 15 is 0 Å². The van der Waals surface area contributed by atoms with E-state index in [1.807, 2.05) is 30.5 Å². The number of hydrogen-bond acceptors (Lipinski definition) is 4. The highest BCUT2D eigenvalue weighted by Crippen LogP contribution is 2.23. The third-order valence-corrected chi connectivity index (χ3v) is 4.75. The molecule has 0 aliphatic carbocycles. The summed E-state index contributed by atoms with van der Waals surface area (Å²) in [7, 11) is 0. The topological polar surface area (TPSA) is 47.4 Å². The molecule has 0 spiro atoms. The molecule has 26 heavy (non-hydrogen) atoms. The number of rotatable bonds is 4. The van der Waals surface area contributed by atoms with Crippen molar-refractivity contribution in [2.24, 2.45) is 0 Å². The van der Waals surface area contributed by atoms with Crippen molar-refractivity contribution in [1.29, 1.82) is 0 Å². The van der Waals surface area contributed by atoms with Gasteiger partial charge in [0.15, 0.2) is 0 Å². The predicted molar refractivity (Wildman–Crippen MR) is 96.8 cm³/mol. The summed E-state index contributed by atoms with van der Waals surface area (Å²) in [5.41, 5.74) is 0. The van der Waals surface area contributed by atoms with Crippen LogP contribution < -0.4 is 4.74 Å². The maximum Gasteiger partial charge on any atom is 0.244 e. The Morgan fingerprint density at radius 2 is 2.04 bits per heavy atom. The maximum absolute atomic E-state index is 13.0. The molecule has 3 aromatic rings. The molecule has 134 valence electrons. The summed E-state index contributed by atoms with van der Waals surface area (Å²) < 4.78 is 20.4. The van der Waals surface area contributed by atoms with Gasteiger partial charge in [0.05, 0.1) is 6.54 Å². The van der Waals surface area contributed by atoms with E-state index in [-0.39, 0.29) is 12.0 Å². The van der Waals surface area contributed by atoms with Gasteiger partial charge in [0.25, 0.3) is 0 Å². The molecule has 1 aliphatic rings. The molecule has 6 heteroatoms. The van der Waals surface area contributed by atoms with Crippen molar-refractivity contribution in [2.75, 3.05) is 19.6 Å². The van der Waals surface area contributed by atoms with E-state index in [2.05, 4.69) is 9.88 Å². The van der Waals surface area contributed by atoms with Gasteiger partial charge in [-0.3, -0.25) is 19.2 Å². The number of halogens is 1. The molecule has 1 aromatic carbocycles. The number of likely N-dealkylation sites (tertiary alicyclic amines) is 1. The smallest absolute Gasteiger partial charge is 0.244 e. The first-order chi connectivity index (χ1) is 12.7. The number of benzene rings is 1. The van der Waals surface area contributed by atoms with Crippen LogP contribution >= 0.6 is 0 Å². The van der Waals surface area contributed by atoms with Gasteiger partial charge in [-0.25, -0.2) is 4.39 Å². The minimum Gasteiger partial charge on any atom is -0.490 e. The number of piperidine rings is 1. The van der Waals surface area contributed by atoms with Crippen LogP contribution in [0.3, 0.4) is 0 Å². The molecule has 1 fully saturated rings. The highest BCUT2D eigenvalue weighted by molar-refractivity contribution is 5.82. The second-order valence-corrected chi connectivity index (χ2v) is 6.61. The average Bonchev–Trinajstić information content (AvgIpc) is 3.10. The van der Waals surface area contributed by atoms with Gasteiger partial charge in [0.1, 0.15) is 17.7 Å². The third kappa shape index (κ3) is 3.75. The van der Waals surface area contributed by atoms with Crippen molar-refractivity contribution in [3.8, 4) is 5.75 Å².